The van der Waals surface area contributed by atoms with Gasteiger partial charge in [0.15, 0.2) is 0 Å². The van der Waals surface area contributed by atoms with Gasteiger partial charge in [-0.3, -0.25) is 19.5 Å². The van der Waals surface area contributed by atoms with E-state index in [9.17, 15) is 14.0 Å². The average molecular weight is 519 g/mol. The molecule has 1 aliphatic carbocycles. The third kappa shape index (κ3) is 4.77. The summed E-state index contributed by atoms with van der Waals surface area (Å²) in [6, 6.07) is 4.92. The van der Waals surface area contributed by atoms with E-state index >= 15 is 0 Å². The molecule has 2 aromatic heterocycles. The molecule has 0 spiro atoms. The van der Waals surface area contributed by atoms with E-state index in [1.807, 2.05) is 30.8 Å². The summed E-state index contributed by atoms with van der Waals surface area (Å²) in [5, 5.41) is 1.16. The average Bonchev–Trinajstić information content (AvgIpc) is 3.19. The van der Waals surface area contributed by atoms with Crippen LogP contribution in [-0.4, -0.2) is 63.3 Å². The number of carbonyl (C=O) groups excluding carboxylic acids is 2. The van der Waals surface area contributed by atoms with Crippen molar-refractivity contribution >= 4 is 22.6 Å². The number of aryl methyl sites for hydroxylation is 1. The van der Waals surface area contributed by atoms with Crippen molar-refractivity contribution in [2.24, 2.45) is 17.8 Å². The Kier molecular flexibility index (Phi) is 7.16. The molecule has 3 heterocycles. The number of benzene rings is 1. The lowest BCUT2D eigenvalue weighted by Crippen LogP contribution is -2.58. The fourth-order valence-corrected chi connectivity index (χ4v) is 6.43. The van der Waals surface area contributed by atoms with Crippen LogP contribution in [-0.2, 0) is 11.2 Å². The summed E-state index contributed by atoms with van der Waals surface area (Å²) in [5.41, 5.74) is 4.25. The lowest BCUT2D eigenvalue weighted by atomic mass is 9.72. The highest BCUT2D eigenvalue weighted by Crippen LogP contribution is 2.38. The molecule has 2 fully saturated rings. The van der Waals surface area contributed by atoms with Crippen LogP contribution in [0.4, 0.5) is 4.39 Å². The van der Waals surface area contributed by atoms with Crippen LogP contribution in [0, 0.1) is 30.5 Å². The maximum atomic E-state index is 14.3. The maximum Gasteiger partial charge on any atom is 0.256 e. The highest BCUT2D eigenvalue weighted by molar-refractivity contribution is 5.99. The Balaban J connectivity index is 1.45. The van der Waals surface area contributed by atoms with Crippen LogP contribution in [0.15, 0.2) is 36.8 Å². The standard InChI is InChI=1S/C31H39FN4O2/c1-18(2)30(22-10-25(37)11-22)35-15-21(16-35)9-23-17-36(28-14-33-13-20(5)29(23)28)27-8-7-24(32)12-26(27)31(38)34(6)19(3)4/h7-8,12-14,17-19,21-22,30H,9-11,15-16H2,1-6H3. The molecule has 6 nitrogen and oxygen atoms in total. The van der Waals surface area contributed by atoms with Gasteiger partial charge in [0.25, 0.3) is 5.91 Å². The van der Waals surface area contributed by atoms with Crippen LogP contribution < -0.4 is 0 Å². The van der Waals surface area contributed by atoms with Crippen molar-refractivity contribution < 1.29 is 14.0 Å². The molecule has 2 aliphatic rings. The molecule has 1 saturated heterocycles. The number of fused-ring (bicyclic) bond motifs is 1. The Morgan fingerprint density at radius 3 is 2.50 bits per heavy atom. The van der Waals surface area contributed by atoms with E-state index in [2.05, 4.69) is 36.9 Å². The minimum Gasteiger partial charge on any atom is -0.339 e. The number of aromatic nitrogens is 2. The van der Waals surface area contributed by atoms with E-state index in [-0.39, 0.29) is 11.9 Å². The molecule has 202 valence electrons. The fourth-order valence-electron chi connectivity index (χ4n) is 6.43. The van der Waals surface area contributed by atoms with E-state index in [1.54, 1.807) is 18.0 Å². The van der Waals surface area contributed by atoms with E-state index < -0.39 is 5.82 Å². The first kappa shape index (κ1) is 26.5. The largest absolute Gasteiger partial charge is 0.339 e. The second-order valence-electron chi connectivity index (χ2n) is 12.0. The molecule has 0 radical (unpaired) electrons. The Hall–Kier alpha value is -3.06. The molecule has 1 aliphatic heterocycles. The van der Waals surface area contributed by atoms with Gasteiger partial charge in [0, 0.05) is 62.8 Å². The first-order chi connectivity index (χ1) is 18.0. The molecule has 5 rings (SSSR count). The van der Waals surface area contributed by atoms with Crippen LogP contribution in [0.5, 0.6) is 0 Å². The molecule has 1 aromatic carbocycles. The molecule has 0 N–H and O–H groups in total. The van der Waals surface area contributed by atoms with Gasteiger partial charge in [-0.25, -0.2) is 4.39 Å². The van der Waals surface area contributed by atoms with Gasteiger partial charge >= 0.3 is 0 Å². The summed E-state index contributed by atoms with van der Waals surface area (Å²) in [5.74, 6) is 1.32. The van der Waals surface area contributed by atoms with Crippen LogP contribution in [0.25, 0.3) is 16.6 Å². The van der Waals surface area contributed by atoms with Crippen LogP contribution in [0.1, 0.15) is 62.0 Å². The number of likely N-dealkylation sites (tertiary alicyclic amines) is 1. The van der Waals surface area contributed by atoms with Gasteiger partial charge < -0.3 is 9.47 Å². The second-order valence-corrected chi connectivity index (χ2v) is 12.0. The minimum absolute atomic E-state index is 0.00576. The fraction of sp³-hybridized carbons (Fsp3) is 0.516. The molecule has 7 heteroatoms. The first-order valence-electron chi connectivity index (χ1n) is 13.8. The van der Waals surface area contributed by atoms with Gasteiger partial charge in [-0.05, 0) is 74.3 Å². The van der Waals surface area contributed by atoms with Crippen LogP contribution in [0.2, 0.25) is 0 Å². The number of ketones is 1. The SMILES string of the molecule is Cc1cncc2c1c(CC1CN(C(C(C)C)C3CC(=O)C3)C1)cn2-c1ccc(F)cc1C(=O)N(C)C(C)C. The third-order valence-corrected chi connectivity index (χ3v) is 8.59. The summed E-state index contributed by atoms with van der Waals surface area (Å²) in [4.78, 5) is 33.6. The number of carbonyl (C=O) groups is 2. The lowest BCUT2D eigenvalue weighted by Gasteiger charge is -2.50. The van der Waals surface area contributed by atoms with Crippen LogP contribution in [0.3, 0.4) is 0 Å². The van der Waals surface area contributed by atoms with Crippen molar-refractivity contribution in [3.05, 3.63) is 59.3 Å². The van der Waals surface area contributed by atoms with Crippen molar-refractivity contribution in [1.82, 2.24) is 19.4 Å². The van der Waals surface area contributed by atoms with E-state index in [0.29, 0.717) is 40.8 Å². The Morgan fingerprint density at radius 1 is 1.16 bits per heavy atom. The van der Waals surface area contributed by atoms with Crippen molar-refractivity contribution in [2.45, 2.75) is 66.0 Å². The van der Waals surface area contributed by atoms with Gasteiger partial charge in [0.2, 0.25) is 0 Å². The monoisotopic (exact) mass is 518 g/mol. The Bertz CT molecular complexity index is 1360. The van der Waals surface area contributed by atoms with E-state index in [1.165, 1.54) is 17.7 Å². The highest BCUT2D eigenvalue weighted by atomic mass is 19.1. The van der Waals surface area contributed by atoms with E-state index in [0.717, 1.165) is 48.8 Å². The van der Waals surface area contributed by atoms with Crippen LogP contribution >= 0.6 is 0 Å². The number of nitrogens with zero attached hydrogens (tertiary/aromatic N) is 4. The molecule has 1 saturated carbocycles. The summed E-state index contributed by atoms with van der Waals surface area (Å²) < 4.78 is 16.4. The Morgan fingerprint density at radius 2 is 1.87 bits per heavy atom. The zero-order valence-electron chi connectivity index (χ0n) is 23.4. The lowest BCUT2D eigenvalue weighted by molar-refractivity contribution is -0.131. The van der Waals surface area contributed by atoms with Crippen molar-refractivity contribution in [3.63, 3.8) is 0 Å². The summed E-state index contributed by atoms with van der Waals surface area (Å²) in [6.07, 6.45) is 8.23. The molecular weight excluding hydrogens is 479 g/mol. The number of halogens is 1. The van der Waals surface area contributed by atoms with Gasteiger partial charge in [-0.2, -0.15) is 0 Å². The molecule has 38 heavy (non-hydrogen) atoms. The number of amides is 1. The topological polar surface area (TPSA) is 58.4 Å². The van der Waals surface area contributed by atoms with E-state index in [4.69, 9.17) is 0 Å². The number of rotatable bonds is 8. The number of hydrogen-bond acceptors (Lipinski definition) is 4. The van der Waals surface area contributed by atoms with Gasteiger partial charge in [0.05, 0.1) is 23.0 Å². The summed E-state index contributed by atoms with van der Waals surface area (Å²) >= 11 is 0. The second kappa shape index (κ2) is 10.3. The molecule has 0 bridgehead atoms. The van der Waals surface area contributed by atoms with Crippen molar-refractivity contribution in [1.29, 1.82) is 0 Å². The molecule has 1 unspecified atom stereocenters. The predicted molar refractivity (Wildman–Crippen MR) is 148 cm³/mol. The van der Waals surface area contributed by atoms with Gasteiger partial charge in [-0.15, -0.1) is 0 Å². The predicted octanol–water partition coefficient (Wildman–Crippen LogP) is 5.43. The quantitative estimate of drug-likeness (QED) is 0.399. The molecule has 3 aromatic rings. The highest BCUT2D eigenvalue weighted by Gasteiger charge is 2.42. The molecule has 1 atom stereocenters. The van der Waals surface area contributed by atoms with Crippen molar-refractivity contribution in [3.8, 4) is 5.69 Å². The number of pyridine rings is 1. The normalized spacial score (nSPS) is 17.8. The minimum atomic E-state index is -0.428. The van der Waals surface area contributed by atoms with Gasteiger partial charge in [-0.1, -0.05) is 13.8 Å². The first-order valence-corrected chi connectivity index (χ1v) is 13.8. The Labute approximate surface area is 224 Å². The smallest absolute Gasteiger partial charge is 0.256 e. The molecule has 1 amide bonds. The summed E-state index contributed by atoms with van der Waals surface area (Å²) in [6.45, 7) is 12.6. The van der Waals surface area contributed by atoms with Gasteiger partial charge in [0.1, 0.15) is 11.6 Å². The zero-order valence-corrected chi connectivity index (χ0v) is 23.4. The number of Topliss-reactive ketones (excluding diaryl/α,β-unsaturated/α-hetero) is 1. The summed E-state index contributed by atoms with van der Waals surface area (Å²) in [7, 11) is 1.75. The zero-order chi connectivity index (χ0) is 27.3. The third-order valence-electron chi connectivity index (χ3n) is 8.59. The number of hydrogen-bond donors (Lipinski definition) is 0. The molecular formula is C31H39FN4O2. The van der Waals surface area contributed by atoms with Crippen molar-refractivity contribution in [2.75, 3.05) is 20.1 Å². The maximum absolute atomic E-state index is 14.3.